The Morgan fingerprint density at radius 3 is 1.86 bits per heavy atom. The zero-order chi connectivity index (χ0) is 25.2. The molecule has 0 saturated carbocycles. The summed E-state index contributed by atoms with van der Waals surface area (Å²) in [6.45, 7) is 0. The second-order valence-electron chi connectivity index (χ2n) is 8.07. The van der Waals surface area contributed by atoms with Crippen molar-refractivity contribution in [1.29, 1.82) is 0 Å². The van der Waals surface area contributed by atoms with Crippen molar-refractivity contribution in [3.05, 3.63) is 82.2 Å². The SMILES string of the molecule is COc1cc(/C=C/c2cc(=O)oc3c2ccc2oc(-c4cc(OC)cc(OC)c4)cc23)cc(OC)c1. The molecule has 0 radical (unpaired) electrons. The molecular weight excluding hydrogens is 460 g/mol. The lowest BCUT2D eigenvalue weighted by Crippen LogP contribution is -1.98. The molecule has 0 aliphatic carbocycles. The van der Waals surface area contributed by atoms with Crippen LogP contribution in [0.3, 0.4) is 0 Å². The second-order valence-corrected chi connectivity index (χ2v) is 8.07. The first kappa shape index (κ1) is 23.1. The lowest BCUT2D eigenvalue weighted by Gasteiger charge is -2.06. The summed E-state index contributed by atoms with van der Waals surface area (Å²) in [5.41, 5.74) is 2.96. The summed E-state index contributed by atoms with van der Waals surface area (Å²) in [6, 6.07) is 18.1. The summed E-state index contributed by atoms with van der Waals surface area (Å²) in [5, 5.41) is 1.48. The Balaban J connectivity index is 1.62. The molecule has 0 amide bonds. The highest BCUT2D eigenvalue weighted by Crippen LogP contribution is 2.36. The van der Waals surface area contributed by atoms with Crippen LogP contribution in [0.1, 0.15) is 11.1 Å². The fourth-order valence-corrected chi connectivity index (χ4v) is 4.10. The lowest BCUT2D eigenvalue weighted by molar-refractivity contribution is 0.394. The van der Waals surface area contributed by atoms with E-state index >= 15 is 0 Å². The van der Waals surface area contributed by atoms with Crippen molar-refractivity contribution >= 4 is 34.1 Å². The Bertz CT molecular complexity index is 1610. The summed E-state index contributed by atoms with van der Waals surface area (Å²) >= 11 is 0. The molecule has 182 valence electrons. The quantitative estimate of drug-likeness (QED) is 0.247. The molecule has 2 aromatic heterocycles. The van der Waals surface area contributed by atoms with E-state index in [1.165, 1.54) is 6.07 Å². The molecule has 5 aromatic rings. The van der Waals surface area contributed by atoms with Crippen LogP contribution in [0.15, 0.2) is 74.3 Å². The maximum Gasteiger partial charge on any atom is 0.336 e. The van der Waals surface area contributed by atoms with Crippen LogP contribution >= 0.6 is 0 Å². The molecule has 36 heavy (non-hydrogen) atoms. The molecule has 2 heterocycles. The molecule has 7 nitrogen and oxygen atoms in total. The highest BCUT2D eigenvalue weighted by atomic mass is 16.5. The third kappa shape index (κ3) is 4.38. The van der Waals surface area contributed by atoms with Crippen LogP contribution in [0.5, 0.6) is 23.0 Å². The van der Waals surface area contributed by atoms with Crippen LogP contribution in [-0.4, -0.2) is 28.4 Å². The average molecular weight is 485 g/mol. The molecule has 0 atom stereocenters. The van der Waals surface area contributed by atoms with Gasteiger partial charge in [0, 0.05) is 29.1 Å². The Hall–Kier alpha value is -4.65. The molecule has 0 fully saturated rings. The molecule has 0 saturated heterocycles. The topological polar surface area (TPSA) is 80.3 Å². The van der Waals surface area contributed by atoms with Gasteiger partial charge in [-0.15, -0.1) is 0 Å². The van der Waals surface area contributed by atoms with E-state index in [4.69, 9.17) is 27.8 Å². The lowest BCUT2D eigenvalue weighted by atomic mass is 10.1. The Labute approximate surface area is 207 Å². The highest BCUT2D eigenvalue weighted by Gasteiger charge is 2.15. The molecule has 7 heteroatoms. The monoisotopic (exact) mass is 484 g/mol. The summed E-state index contributed by atoms with van der Waals surface area (Å²) in [7, 11) is 6.39. The number of rotatable bonds is 7. The van der Waals surface area contributed by atoms with Gasteiger partial charge in [0.25, 0.3) is 0 Å². The van der Waals surface area contributed by atoms with Crippen LogP contribution in [0.25, 0.3) is 45.4 Å². The van der Waals surface area contributed by atoms with Crippen LogP contribution in [0.2, 0.25) is 0 Å². The number of fused-ring (bicyclic) bond motifs is 3. The molecule has 0 bridgehead atoms. The first-order chi connectivity index (χ1) is 17.5. The Kier molecular flexibility index (Phi) is 6.12. The van der Waals surface area contributed by atoms with E-state index in [1.807, 2.05) is 54.6 Å². The molecule has 0 unspecified atom stereocenters. The number of ether oxygens (including phenoxy) is 4. The summed E-state index contributed by atoms with van der Waals surface area (Å²) < 4.78 is 33.2. The predicted molar refractivity (Wildman–Crippen MR) is 139 cm³/mol. The maximum atomic E-state index is 12.5. The van der Waals surface area contributed by atoms with E-state index < -0.39 is 5.63 Å². The molecule has 0 aliphatic heterocycles. The van der Waals surface area contributed by atoms with Crippen molar-refractivity contribution in [3.63, 3.8) is 0 Å². The van der Waals surface area contributed by atoms with Crippen molar-refractivity contribution in [3.8, 4) is 34.3 Å². The smallest absolute Gasteiger partial charge is 0.336 e. The number of hydrogen-bond donors (Lipinski definition) is 0. The van der Waals surface area contributed by atoms with E-state index in [0.717, 1.165) is 22.1 Å². The minimum atomic E-state index is -0.455. The van der Waals surface area contributed by atoms with E-state index in [-0.39, 0.29) is 0 Å². The normalized spacial score (nSPS) is 11.3. The first-order valence-electron chi connectivity index (χ1n) is 11.2. The summed E-state index contributed by atoms with van der Waals surface area (Å²) in [5.74, 6) is 3.23. The van der Waals surface area contributed by atoms with Crippen LogP contribution < -0.4 is 24.6 Å². The van der Waals surface area contributed by atoms with Gasteiger partial charge in [0.1, 0.15) is 39.9 Å². The summed E-state index contributed by atoms with van der Waals surface area (Å²) in [6.07, 6.45) is 3.76. The van der Waals surface area contributed by atoms with Gasteiger partial charge in [-0.2, -0.15) is 0 Å². The van der Waals surface area contributed by atoms with Gasteiger partial charge >= 0.3 is 5.63 Å². The fourth-order valence-electron chi connectivity index (χ4n) is 4.10. The number of methoxy groups -OCH3 is 4. The fraction of sp³-hybridized carbons (Fsp3) is 0.138. The van der Waals surface area contributed by atoms with Gasteiger partial charge in [0.15, 0.2) is 0 Å². The van der Waals surface area contributed by atoms with Crippen LogP contribution in [0.4, 0.5) is 0 Å². The second kappa shape index (κ2) is 9.54. The van der Waals surface area contributed by atoms with Crippen molar-refractivity contribution in [2.45, 2.75) is 0 Å². The minimum Gasteiger partial charge on any atom is -0.497 e. The van der Waals surface area contributed by atoms with E-state index in [9.17, 15) is 4.79 Å². The van der Waals surface area contributed by atoms with Crippen LogP contribution in [-0.2, 0) is 0 Å². The predicted octanol–water partition coefficient (Wildman–Crippen LogP) is 6.41. The first-order valence-corrected chi connectivity index (χ1v) is 11.2. The molecule has 0 aliphatic rings. The summed E-state index contributed by atoms with van der Waals surface area (Å²) in [4.78, 5) is 12.5. The molecular formula is C29H24O7. The van der Waals surface area contributed by atoms with Crippen molar-refractivity contribution in [2.24, 2.45) is 0 Å². The van der Waals surface area contributed by atoms with Crippen molar-refractivity contribution in [1.82, 2.24) is 0 Å². The highest BCUT2D eigenvalue weighted by molar-refractivity contribution is 6.06. The number of hydrogen-bond acceptors (Lipinski definition) is 7. The molecule has 0 N–H and O–H groups in total. The third-order valence-electron chi connectivity index (χ3n) is 5.90. The van der Waals surface area contributed by atoms with Crippen LogP contribution in [0, 0.1) is 0 Å². The van der Waals surface area contributed by atoms with Gasteiger partial charge < -0.3 is 27.8 Å². The van der Waals surface area contributed by atoms with Gasteiger partial charge in [-0.1, -0.05) is 12.2 Å². The van der Waals surface area contributed by atoms with E-state index in [1.54, 1.807) is 40.6 Å². The van der Waals surface area contributed by atoms with Crippen molar-refractivity contribution < 1.29 is 27.8 Å². The zero-order valence-corrected chi connectivity index (χ0v) is 20.3. The Morgan fingerprint density at radius 1 is 0.639 bits per heavy atom. The molecule has 0 spiro atoms. The van der Waals surface area contributed by atoms with E-state index in [0.29, 0.717) is 45.3 Å². The minimum absolute atomic E-state index is 0.452. The van der Waals surface area contributed by atoms with Gasteiger partial charge in [-0.3, -0.25) is 0 Å². The van der Waals surface area contributed by atoms with Crippen molar-refractivity contribution in [2.75, 3.05) is 28.4 Å². The average Bonchev–Trinajstić information content (AvgIpc) is 3.36. The zero-order valence-electron chi connectivity index (χ0n) is 20.3. The standard InChI is InChI=1S/C29H24O7/c1-31-20-9-17(10-21(14-20)32-2)5-6-18-13-28(30)36-29-24(18)7-8-26-25(29)16-27(35-26)19-11-22(33-3)15-23(12-19)34-4/h5-16H,1-4H3/b6-5+. The number of furan rings is 1. The molecule has 3 aromatic carbocycles. The maximum absolute atomic E-state index is 12.5. The largest absolute Gasteiger partial charge is 0.497 e. The number of benzene rings is 3. The van der Waals surface area contributed by atoms with E-state index in [2.05, 4.69) is 0 Å². The van der Waals surface area contributed by atoms with Gasteiger partial charge in [-0.05, 0) is 53.6 Å². The third-order valence-corrected chi connectivity index (χ3v) is 5.90. The van der Waals surface area contributed by atoms with Gasteiger partial charge in [-0.25, -0.2) is 4.79 Å². The van der Waals surface area contributed by atoms with Gasteiger partial charge in [0.05, 0.1) is 33.8 Å². The van der Waals surface area contributed by atoms with Gasteiger partial charge in [0.2, 0.25) is 0 Å². The Morgan fingerprint density at radius 2 is 1.25 bits per heavy atom. The molecule has 5 rings (SSSR count).